The van der Waals surface area contributed by atoms with Crippen LogP contribution in [-0.4, -0.2) is 22.9 Å². The van der Waals surface area contributed by atoms with Gasteiger partial charge < -0.3 is 10.4 Å². The second kappa shape index (κ2) is 8.37. The fourth-order valence-electron chi connectivity index (χ4n) is 1.42. The van der Waals surface area contributed by atoms with E-state index in [1.807, 2.05) is 30.3 Å². The lowest BCUT2D eigenvalue weighted by Gasteiger charge is -2.09. The maximum absolute atomic E-state index is 10.7. The molecule has 1 aromatic rings. The Labute approximate surface area is 101 Å². The van der Waals surface area contributed by atoms with E-state index in [2.05, 4.69) is 0 Å². The SMILES string of the molecule is O.O=[P+]([O-])C[NH+](Cc1ccccc1)C[P+](=O)O. The molecule has 0 radical (unpaired) electrons. The second-order valence-corrected chi connectivity index (χ2v) is 5.42. The van der Waals surface area contributed by atoms with E-state index in [1.54, 1.807) is 0 Å². The Morgan fingerprint density at radius 1 is 1.18 bits per heavy atom. The van der Waals surface area contributed by atoms with Crippen molar-refractivity contribution < 1.29 is 29.3 Å². The first-order valence-electron chi connectivity index (χ1n) is 4.71. The molecule has 0 aromatic heterocycles. The predicted molar refractivity (Wildman–Crippen MR) is 61.9 cm³/mol. The topological polar surface area (TPSA) is 113 Å². The average Bonchev–Trinajstić information content (AvgIpc) is 2.16. The van der Waals surface area contributed by atoms with Gasteiger partial charge in [-0.15, -0.1) is 0 Å². The third kappa shape index (κ3) is 7.23. The van der Waals surface area contributed by atoms with Crippen LogP contribution in [0.2, 0.25) is 0 Å². The maximum atomic E-state index is 10.7. The monoisotopic (exact) mass is 279 g/mol. The molecule has 0 heterocycles. The van der Waals surface area contributed by atoms with Crippen molar-refractivity contribution in [2.45, 2.75) is 6.54 Å². The molecule has 0 spiro atoms. The molecule has 17 heavy (non-hydrogen) atoms. The van der Waals surface area contributed by atoms with Gasteiger partial charge in [0.1, 0.15) is 6.54 Å². The summed E-state index contributed by atoms with van der Waals surface area (Å²) in [5.74, 6) is 0. The van der Waals surface area contributed by atoms with Crippen LogP contribution in [0.4, 0.5) is 0 Å². The molecule has 6 nitrogen and oxygen atoms in total. The van der Waals surface area contributed by atoms with Crippen LogP contribution < -0.4 is 9.79 Å². The van der Waals surface area contributed by atoms with Crippen LogP contribution in [0.25, 0.3) is 0 Å². The molecule has 0 bridgehead atoms. The van der Waals surface area contributed by atoms with Crippen molar-refractivity contribution in [1.29, 1.82) is 0 Å². The van der Waals surface area contributed by atoms with Crippen LogP contribution >= 0.6 is 16.1 Å². The van der Waals surface area contributed by atoms with Crippen LogP contribution in [0.15, 0.2) is 30.3 Å². The van der Waals surface area contributed by atoms with Gasteiger partial charge in [0.05, 0.1) is 0 Å². The Bertz CT molecular complexity index is 357. The molecule has 4 N–H and O–H groups in total. The van der Waals surface area contributed by atoms with E-state index in [0.717, 1.165) is 5.56 Å². The summed E-state index contributed by atoms with van der Waals surface area (Å²) < 4.78 is 21.3. The molecule has 0 aliphatic carbocycles. The van der Waals surface area contributed by atoms with Crippen LogP contribution in [-0.2, 0) is 15.7 Å². The van der Waals surface area contributed by atoms with Crippen LogP contribution in [0.1, 0.15) is 5.56 Å². The van der Waals surface area contributed by atoms with E-state index < -0.39 is 16.1 Å². The Morgan fingerprint density at radius 2 is 1.76 bits per heavy atom. The molecule has 3 unspecified atom stereocenters. The fraction of sp³-hybridized carbons (Fsp3) is 0.333. The molecule has 8 heteroatoms. The summed E-state index contributed by atoms with van der Waals surface area (Å²) in [6.07, 6.45) is -0.167. The number of rotatable bonds is 6. The van der Waals surface area contributed by atoms with Gasteiger partial charge in [-0.2, -0.15) is 4.89 Å². The lowest BCUT2D eigenvalue weighted by molar-refractivity contribution is -0.891. The molecule has 0 saturated heterocycles. The van der Waals surface area contributed by atoms with Crippen molar-refractivity contribution in [3.8, 4) is 0 Å². The zero-order valence-corrected chi connectivity index (χ0v) is 10.9. The highest BCUT2D eigenvalue weighted by Crippen LogP contribution is 2.09. The zero-order chi connectivity index (χ0) is 12.0. The summed E-state index contributed by atoms with van der Waals surface area (Å²) in [7, 11) is -4.86. The highest BCUT2D eigenvalue weighted by atomic mass is 31.1. The van der Waals surface area contributed by atoms with Gasteiger partial charge in [-0.05, 0) is 4.57 Å². The summed E-state index contributed by atoms with van der Waals surface area (Å²) in [6.45, 7) is 0.436. The Balaban J connectivity index is 0.00000256. The third-order valence-corrected chi connectivity index (χ3v) is 3.43. The first-order valence-corrected chi connectivity index (χ1v) is 7.47. The van der Waals surface area contributed by atoms with E-state index in [0.29, 0.717) is 11.4 Å². The number of nitrogens with one attached hydrogen (secondary N) is 1. The van der Waals surface area contributed by atoms with Gasteiger partial charge >= 0.3 is 22.3 Å². The molecule has 0 saturated carbocycles. The smallest absolute Gasteiger partial charge is 0.566 e. The van der Waals surface area contributed by atoms with Crippen LogP contribution in [0, 0.1) is 0 Å². The number of hydrogen-bond acceptors (Lipinski definition) is 3. The van der Waals surface area contributed by atoms with Crippen molar-refractivity contribution in [1.82, 2.24) is 0 Å². The fourth-order valence-corrected chi connectivity index (χ4v) is 2.79. The summed E-state index contributed by atoms with van der Waals surface area (Å²) in [5, 5.41) is 0. The number of quaternary nitrogens is 1. The van der Waals surface area contributed by atoms with E-state index in [9.17, 15) is 14.0 Å². The van der Waals surface area contributed by atoms with Crippen molar-refractivity contribution >= 4 is 16.1 Å². The van der Waals surface area contributed by atoms with E-state index in [-0.39, 0.29) is 18.0 Å². The van der Waals surface area contributed by atoms with Crippen LogP contribution in [0.5, 0.6) is 0 Å². The molecule has 0 amide bonds. The number of benzene rings is 1. The van der Waals surface area contributed by atoms with Gasteiger partial charge in [-0.25, -0.2) is 4.90 Å². The third-order valence-electron chi connectivity index (χ3n) is 2.01. The van der Waals surface area contributed by atoms with Gasteiger partial charge in [0.15, 0.2) is 0 Å². The highest BCUT2D eigenvalue weighted by molar-refractivity contribution is 7.38. The van der Waals surface area contributed by atoms with Crippen LogP contribution in [0.3, 0.4) is 0 Å². The summed E-state index contributed by atoms with van der Waals surface area (Å²) in [4.78, 5) is 20.0. The van der Waals surface area contributed by atoms with Gasteiger partial charge in [-0.1, -0.05) is 34.9 Å². The molecular formula is C9H15NO5P2+2. The Morgan fingerprint density at radius 3 is 2.24 bits per heavy atom. The van der Waals surface area contributed by atoms with Gasteiger partial charge in [-0.3, -0.25) is 0 Å². The minimum absolute atomic E-state index is 0. The van der Waals surface area contributed by atoms with E-state index in [4.69, 9.17) is 4.89 Å². The number of hydrogen-bond donors (Lipinski definition) is 2. The van der Waals surface area contributed by atoms with Crippen molar-refractivity contribution in [3.05, 3.63) is 35.9 Å². The lowest BCUT2D eigenvalue weighted by atomic mass is 10.2. The largest absolute Gasteiger partial charge is 0.591 e. The molecule has 0 aliphatic rings. The molecule has 1 rings (SSSR count). The molecule has 3 atom stereocenters. The molecular weight excluding hydrogens is 264 g/mol. The van der Waals surface area contributed by atoms with Gasteiger partial charge in [0.2, 0.25) is 0 Å². The van der Waals surface area contributed by atoms with E-state index in [1.165, 1.54) is 0 Å². The average molecular weight is 279 g/mol. The molecule has 0 fully saturated rings. The molecule has 94 valence electrons. The summed E-state index contributed by atoms with van der Waals surface area (Å²) >= 11 is 0. The normalized spacial score (nSPS) is 13.5. The first kappa shape index (κ1) is 16.3. The van der Waals surface area contributed by atoms with Crippen molar-refractivity contribution in [3.63, 3.8) is 0 Å². The van der Waals surface area contributed by atoms with Gasteiger partial charge in [0.25, 0.3) is 6.29 Å². The first-order chi connectivity index (χ1) is 7.58. The minimum atomic E-state index is -2.54. The minimum Gasteiger partial charge on any atom is -0.591 e. The summed E-state index contributed by atoms with van der Waals surface area (Å²) in [6, 6.07) is 9.29. The van der Waals surface area contributed by atoms with Gasteiger partial charge in [0, 0.05) is 5.56 Å². The second-order valence-electron chi connectivity index (χ2n) is 3.41. The van der Waals surface area contributed by atoms with Crippen molar-refractivity contribution in [2.75, 3.05) is 12.6 Å². The quantitative estimate of drug-likeness (QED) is 0.650. The van der Waals surface area contributed by atoms with Crippen molar-refractivity contribution in [2.24, 2.45) is 0 Å². The molecule has 0 aliphatic heterocycles. The lowest BCUT2D eigenvalue weighted by Crippen LogP contribution is -3.09. The highest BCUT2D eigenvalue weighted by Gasteiger charge is 2.26. The standard InChI is InChI=1S/C9H11NO4P2.H2O/c11-15(12)7-10(8-16(13)14)6-9-4-2-1-3-5-9;/h1-5H,6-8H2;1H2/p+2. The predicted octanol–water partition coefficient (Wildman–Crippen LogP) is -1.00. The zero-order valence-electron chi connectivity index (χ0n) is 9.07. The molecule has 1 aromatic carbocycles. The maximum Gasteiger partial charge on any atom is 0.566 e. The van der Waals surface area contributed by atoms with E-state index >= 15 is 0 Å². The Kier molecular flexibility index (Phi) is 8.00. The summed E-state index contributed by atoms with van der Waals surface area (Å²) in [5.41, 5.74) is 0.950. The Hall–Kier alpha value is -0.740.